The summed E-state index contributed by atoms with van der Waals surface area (Å²) in [5, 5.41) is 6.22. The predicted octanol–water partition coefficient (Wildman–Crippen LogP) is 1.43. The molecule has 0 fully saturated rings. The van der Waals surface area contributed by atoms with Crippen molar-refractivity contribution in [2.45, 2.75) is 25.4 Å². The number of nitrogens with one attached hydrogen (secondary N) is 3. The van der Waals surface area contributed by atoms with Gasteiger partial charge in [-0.15, -0.1) is 0 Å². The molecule has 1 aliphatic heterocycles. The largest absolute Gasteiger partial charge is 0.455 e. The summed E-state index contributed by atoms with van der Waals surface area (Å²) >= 11 is 0. The fraction of sp³-hybridized carbons (Fsp3) is 0.444. The van der Waals surface area contributed by atoms with Gasteiger partial charge in [0.15, 0.2) is 0 Å². The van der Waals surface area contributed by atoms with Gasteiger partial charge in [0, 0.05) is 20.0 Å². The lowest BCUT2D eigenvalue weighted by Crippen LogP contribution is -2.47. The van der Waals surface area contributed by atoms with Crippen LogP contribution in [0.3, 0.4) is 0 Å². The summed E-state index contributed by atoms with van der Waals surface area (Å²) in [6.07, 6.45) is -6.85. The normalized spacial score (nSPS) is 16.6. The number of fused-ring (bicyclic) bond motifs is 1. The van der Waals surface area contributed by atoms with Crippen LogP contribution in [0.25, 0.3) is 0 Å². The quantitative estimate of drug-likeness (QED) is 0.450. The first-order valence-corrected chi connectivity index (χ1v) is 8.98. The van der Waals surface area contributed by atoms with E-state index in [0.717, 1.165) is 0 Å². The molecule has 0 saturated heterocycles. The van der Waals surface area contributed by atoms with Crippen LogP contribution in [0.15, 0.2) is 24.3 Å². The van der Waals surface area contributed by atoms with E-state index in [9.17, 15) is 41.1 Å². The van der Waals surface area contributed by atoms with Crippen molar-refractivity contribution >= 4 is 35.0 Å². The van der Waals surface area contributed by atoms with E-state index in [1.807, 2.05) is 0 Å². The number of halogens is 5. The number of benzene rings is 1. The summed E-state index contributed by atoms with van der Waals surface area (Å²) in [6, 6.07) is 6.54. The molecule has 4 amide bonds. The highest BCUT2D eigenvalue weighted by Gasteiger charge is 2.57. The number of para-hydroxylation sites is 2. The molecule has 1 atom stereocenters. The molecular weight excluding hydrogens is 431 g/mol. The van der Waals surface area contributed by atoms with Crippen LogP contribution in [-0.2, 0) is 19.2 Å². The van der Waals surface area contributed by atoms with Crippen LogP contribution in [0.5, 0.6) is 0 Å². The van der Waals surface area contributed by atoms with Gasteiger partial charge in [-0.1, -0.05) is 12.1 Å². The number of alkyl halides is 5. The predicted molar refractivity (Wildman–Crippen MR) is 98.2 cm³/mol. The maximum absolute atomic E-state index is 12.8. The lowest BCUT2D eigenvalue weighted by Gasteiger charge is -2.23. The Morgan fingerprint density at radius 1 is 1.10 bits per heavy atom. The third-order valence-electron chi connectivity index (χ3n) is 4.40. The molecule has 0 unspecified atom stereocenters. The number of carbonyl (C=O) groups excluding carboxylic acids is 4. The third-order valence-corrected chi connectivity index (χ3v) is 4.40. The van der Waals surface area contributed by atoms with E-state index < -0.39 is 48.7 Å². The Bertz CT molecular complexity index is 875. The molecule has 0 aliphatic carbocycles. The van der Waals surface area contributed by atoms with Gasteiger partial charge in [-0.25, -0.2) is 0 Å². The molecule has 8 nitrogen and oxygen atoms in total. The fourth-order valence-electron chi connectivity index (χ4n) is 2.72. The molecule has 170 valence electrons. The second kappa shape index (κ2) is 9.27. The Kier molecular flexibility index (Phi) is 7.18. The molecule has 0 aromatic heterocycles. The van der Waals surface area contributed by atoms with Crippen LogP contribution in [0.4, 0.5) is 33.3 Å². The van der Waals surface area contributed by atoms with Crippen LogP contribution in [0.2, 0.25) is 0 Å². The molecule has 1 aromatic rings. The number of amides is 4. The lowest BCUT2D eigenvalue weighted by molar-refractivity contribution is -0.278. The highest BCUT2D eigenvalue weighted by atomic mass is 19.4. The van der Waals surface area contributed by atoms with Crippen LogP contribution < -0.4 is 20.9 Å². The minimum absolute atomic E-state index is 0.0809. The number of hydrogen-bond donors (Lipinski definition) is 3. The molecule has 3 N–H and O–H groups in total. The third kappa shape index (κ3) is 6.12. The summed E-state index contributed by atoms with van der Waals surface area (Å²) in [6.45, 7) is -1.08. The topological polar surface area (TPSA) is 108 Å². The first kappa shape index (κ1) is 24.0. The second-order valence-corrected chi connectivity index (χ2v) is 6.79. The van der Waals surface area contributed by atoms with Gasteiger partial charge in [-0.05, 0) is 12.1 Å². The first-order valence-electron chi connectivity index (χ1n) is 8.98. The zero-order valence-corrected chi connectivity index (χ0v) is 16.2. The fourth-order valence-corrected chi connectivity index (χ4v) is 2.72. The molecule has 13 heteroatoms. The smallest absolute Gasteiger partial charge is 0.355 e. The van der Waals surface area contributed by atoms with Gasteiger partial charge in [0.25, 0.3) is 0 Å². The average Bonchev–Trinajstić information content (AvgIpc) is 2.80. The van der Waals surface area contributed by atoms with E-state index in [-0.39, 0.29) is 19.0 Å². The van der Waals surface area contributed by atoms with Crippen LogP contribution in [0.1, 0.15) is 13.3 Å². The zero-order chi connectivity index (χ0) is 23.4. The van der Waals surface area contributed by atoms with Crippen molar-refractivity contribution in [1.82, 2.24) is 10.6 Å². The molecule has 2 rings (SSSR count). The molecule has 1 heterocycles. The van der Waals surface area contributed by atoms with Gasteiger partial charge in [-0.2, -0.15) is 22.0 Å². The summed E-state index contributed by atoms with van der Waals surface area (Å²) < 4.78 is 61.8. The van der Waals surface area contributed by atoms with Crippen molar-refractivity contribution in [3.8, 4) is 0 Å². The van der Waals surface area contributed by atoms with Gasteiger partial charge in [0.05, 0.1) is 23.8 Å². The van der Waals surface area contributed by atoms with Crippen molar-refractivity contribution in [1.29, 1.82) is 0 Å². The average molecular weight is 450 g/mol. The standard InChI is InChI=1S/C18H19F5N4O4/c1-10(28)27-8-11(16(31)26-12-4-2-3-5-13(12)27)7-24-14(29)6-15(30)25-9-17(19,20)18(21,22)23/h2-5,11H,6-9H2,1H3,(H,24,29)(H,25,30)(H,26,31)/t11-/m0/s1. The minimum atomic E-state index is -5.84. The maximum atomic E-state index is 12.8. The Hall–Kier alpha value is -3.25. The first-order chi connectivity index (χ1) is 14.3. The number of carbonyl (C=O) groups is 4. The van der Waals surface area contributed by atoms with E-state index in [0.29, 0.717) is 11.4 Å². The van der Waals surface area contributed by atoms with E-state index in [2.05, 4.69) is 10.6 Å². The van der Waals surface area contributed by atoms with Gasteiger partial charge < -0.3 is 20.9 Å². The number of hydrogen-bond acceptors (Lipinski definition) is 4. The molecule has 1 aliphatic rings. The zero-order valence-electron chi connectivity index (χ0n) is 16.2. The minimum Gasteiger partial charge on any atom is -0.355 e. The molecule has 0 radical (unpaired) electrons. The summed E-state index contributed by atoms with van der Waals surface area (Å²) in [7, 11) is 0. The highest BCUT2D eigenvalue weighted by molar-refractivity contribution is 6.04. The monoisotopic (exact) mass is 450 g/mol. The van der Waals surface area contributed by atoms with Gasteiger partial charge in [0.1, 0.15) is 6.42 Å². The van der Waals surface area contributed by atoms with Gasteiger partial charge in [-0.3, -0.25) is 19.2 Å². The summed E-state index contributed by atoms with van der Waals surface area (Å²) in [4.78, 5) is 49.1. The molecule has 0 bridgehead atoms. The summed E-state index contributed by atoms with van der Waals surface area (Å²) in [5.74, 6) is -9.24. The van der Waals surface area contributed by atoms with E-state index in [1.165, 1.54) is 17.1 Å². The van der Waals surface area contributed by atoms with Gasteiger partial charge in [0.2, 0.25) is 23.6 Å². The van der Waals surface area contributed by atoms with Crippen LogP contribution in [0, 0.1) is 5.92 Å². The number of nitrogens with zero attached hydrogens (tertiary/aromatic N) is 1. The van der Waals surface area contributed by atoms with Crippen molar-refractivity contribution in [3.63, 3.8) is 0 Å². The van der Waals surface area contributed by atoms with Crippen molar-refractivity contribution < 1.29 is 41.1 Å². The molecule has 31 heavy (non-hydrogen) atoms. The highest BCUT2D eigenvalue weighted by Crippen LogP contribution is 2.34. The maximum Gasteiger partial charge on any atom is 0.455 e. The Balaban J connectivity index is 1.92. The van der Waals surface area contributed by atoms with Crippen molar-refractivity contribution in [2.75, 3.05) is 29.9 Å². The van der Waals surface area contributed by atoms with Crippen LogP contribution in [-0.4, -0.2) is 55.4 Å². The van der Waals surface area contributed by atoms with Crippen LogP contribution >= 0.6 is 0 Å². The van der Waals surface area contributed by atoms with E-state index in [4.69, 9.17) is 0 Å². The Labute approximate surface area is 173 Å². The lowest BCUT2D eigenvalue weighted by atomic mass is 10.1. The van der Waals surface area contributed by atoms with E-state index in [1.54, 1.807) is 24.3 Å². The van der Waals surface area contributed by atoms with Crippen molar-refractivity contribution in [3.05, 3.63) is 24.3 Å². The molecule has 0 saturated carbocycles. The number of rotatable bonds is 6. The van der Waals surface area contributed by atoms with Crippen molar-refractivity contribution in [2.24, 2.45) is 5.92 Å². The Morgan fingerprint density at radius 2 is 1.71 bits per heavy atom. The molecule has 0 spiro atoms. The Morgan fingerprint density at radius 3 is 2.32 bits per heavy atom. The molecule has 1 aromatic carbocycles. The molecular formula is C18H19F5N4O4. The SMILES string of the molecule is CC(=O)N1C[C@H](CNC(=O)CC(=O)NCC(F)(F)C(F)(F)F)C(=O)Nc2ccccc21. The van der Waals surface area contributed by atoms with E-state index >= 15 is 0 Å². The summed E-state index contributed by atoms with van der Waals surface area (Å²) in [5.41, 5.74) is 0.851. The number of anilines is 2. The van der Waals surface area contributed by atoms with Gasteiger partial charge >= 0.3 is 12.1 Å². The second-order valence-electron chi connectivity index (χ2n) is 6.79.